The van der Waals surface area contributed by atoms with Crippen LogP contribution in [0.4, 0.5) is 5.95 Å². The van der Waals surface area contributed by atoms with Gasteiger partial charge in [-0.15, -0.1) is 11.3 Å². The molecular formula is C19H24N4O2S. The van der Waals surface area contributed by atoms with Crippen molar-refractivity contribution in [3.63, 3.8) is 0 Å². The van der Waals surface area contributed by atoms with Crippen LogP contribution in [-0.4, -0.2) is 53.6 Å². The summed E-state index contributed by atoms with van der Waals surface area (Å²) in [5.41, 5.74) is 1.99. The average Bonchev–Trinajstić information content (AvgIpc) is 3.39. The SMILES string of the molecule is CCc1ccsc1C(=O)N1CCOC(c2ccnc(N3CCCC3)n2)C1. The Kier molecular flexibility index (Phi) is 5.17. The predicted molar refractivity (Wildman–Crippen MR) is 102 cm³/mol. The summed E-state index contributed by atoms with van der Waals surface area (Å²) >= 11 is 1.53. The molecule has 2 aromatic rings. The Morgan fingerprint density at radius 3 is 2.96 bits per heavy atom. The summed E-state index contributed by atoms with van der Waals surface area (Å²) in [6.07, 6.45) is 4.87. The molecule has 2 saturated heterocycles. The molecule has 1 amide bonds. The summed E-state index contributed by atoms with van der Waals surface area (Å²) in [4.78, 5) is 27.0. The highest BCUT2D eigenvalue weighted by Gasteiger charge is 2.29. The van der Waals surface area contributed by atoms with E-state index in [4.69, 9.17) is 9.72 Å². The summed E-state index contributed by atoms with van der Waals surface area (Å²) < 4.78 is 5.94. The number of amides is 1. The molecule has 0 bridgehead atoms. The number of morpholine rings is 1. The number of hydrogen-bond acceptors (Lipinski definition) is 6. The molecule has 4 heterocycles. The van der Waals surface area contributed by atoms with E-state index in [1.807, 2.05) is 22.4 Å². The van der Waals surface area contributed by atoms with Crippen molar-refractivity contribution in [3.05, 3.63) is 39.8 Å². The van der Waals surface area contributed by atoms with Crippen LogP contribution in [0.25, 0.3) is 0 Å². The second-order valence-corrected chi connectivity index (χ2v) is 7.63. The topological polar surface area (TPSA) is 58.6 Å². The summed E-state index contributed by atoms with van der Waals surface area (Å²) in [7, 11) is 0. The van der Waals surface area contributed by atoms with Crippen LogP contribution in [0.5, 0.6) is 0 Å². The molecule has 2 aliphatic heterocycles. The van der Waals surface area contributed by atoms with Crippen LogP contribution in [0.2, 0.25) is 0 Å². The summed E-state index contributed by atoms with van der Waals surface area (Å²) in [5.74, 6) is 0.887. The van der Waals surface area contributed by atoms with Gasteiger partial charge in [0.2, 0.25) is 5.95 Å². The van der Waals surface area contributed by atoms with Crippen LogP contribution >= 0.6 is 11.3 Å². The number of rotatable bonds is 4. The first-order valence-electron chi connectivity index (χ1n) is 9.31. The van der Waals surface area contributed by atoms with Gasteiger partial charge >= 0.3 is 0 Å². The zero-order valence-electron chi connectivity index (χ0n) is 15.1. The first-order valence-corrected chi connectivity index (χ1v) is 10.2. The van der Waals surface area contributed by atoms with Crippen molar-refractivity contribution in [3.8, 4) is 0 Å². The fourth-order valence-corrected chi connectivity index (χ4v) is 4.53. The highest BCUT2D eigenvalue weighted by atomic mass is 32.1. The molecule has 0 saturated carbocycles. The second-order valence-electron chi connectivity index (χ2n) is 6.71. The van der Waals surface area contributed by atoms with Gasteiger partial charge in [-0.25, -0.2) is 9.97 Å². The van der Waals surface area contributed by atoms with E-state index >= 15 is 0 Å². The summed E-state index contributed by atoms with van der Waals surface area (Å²) in [6, 6.07) is 3.95. The second kappa shape index (κ2) is 7.72. The Hall–Kier alpha value is -1.99. The molecule has 0 aliphatic carbocycles. The lowest BCUT2D eigenvalue weighted by atomic mass is 10.1. The molecular weight excluding hydrogens is 348 g/mol. The third kappa shape index (κ3) is 3.46. The van der Waals surface area contributed by atoms with Gasteiger partial charge in [0.15, 0.2) is 0 Å². The molecule has 6 nitrogen and oxygen atoms in total. The Labute approximate surface area is 157 Å². The van der Waals surface area contributed by atoms with Gasteiger partial charge in [-0.05, 0) is 42.3 Å². The van der Waals surface area contributed by atoms with Crippen molar-refractivity contribution < 1.29 is 9.53 Å². The van der Waals surface area contributed by atoms with Crippen LogP contribution in [-0.2, 0) is 11.2 Å². The third-order valence-electron chi connectivity index (χ3n) is 5.06. The first kappa shape index (κ1) is 17.4. The summed E-state index contributed by atoms with van der Waals surface area (Å²) in [6.45, 7) is 5.81. The van der Waals surface area contributed by atoms with E-state index in [1.165, 1.54) is 24.2 Å². The van der Waals surface area contributed by atoms with E-state index in [0.29, 0.717) is 19.7 Å². The summed E-state index contributed by atoms with van der Waals surface area (Å²) in [5, 5.41) is 2.00. The molecule has 2 aromatic heterocycles. The van der Waals surface area contributed by atoms with Gasteiger partial charge in [0, 0.05) is 25.8 Å². The lowest BCUT2D eigenvalue weighted by Gasteiger charge is -2.33. The van der Waals surface area contributed by atoms with Gasteiger partial charge in [-0.1, -0.05) is 6.92 Å². The average molecular weight is 372 g/mol. The Morgan fingerprint density at radius 2 is 2.15 bits per heavy atom. The number of anilines is 1. The smallest absolute Gasteiger partial charge is 0.264 e. The van der Waals surface area contributed by atoms with Crippen molar-refractivity contribution in [2.75, 3.05) is 37.7 Å². The van der Waals surface area contributed by atoms with Crippen molar-refractivity contribution in [2.45, 2.75) is 32.3 Å². The van der Waals surface area contributed by atoms with E-state index in [-0.39, 0.29) is 12.0 Å². The van der Waals surface area contributed by atoms with Crippen molar-refractivity contribution in [1.82, 2.24) is 14.9 Å². The molecule has 4 rings (SSSR count). The van der Waals surface area contributed by atoms with Crippen LogP contribution in [0.3, 0.4) is 0 Å². The zero-order valence-corrected chi connectivity index (χ0v) is 15.9. The normalized spacial score (nSPS) is 20.6. The van der Waals surface area contributed by atoms with Crippen molar-refractivity contribution >= 4 is 23.2 Å². The molecule has 1 atom stereocenters. The van der Waals surface area contributed by atoms with Crippen molar-refractivity contribution in [2.24, 2.45) is 0 Å². The highest BCUT2D eigenvalue weighted by molar-refractivity contribution is 7.12. The molecule has 2 fully saturated rings. The third-order valence-corrected chi connectivity index (χ3v) is 6.00. The van der Waals surface area contributed by atoms with Crippen LogP contribution < -0.4 is 4.90 Å². The molecule has 7 heteroatoms. The molecule has 2 aliphatic rings. The number of carbonyl (C=O) groups is 1. The molecule has 26 heavy (non-hydrogen) atoms. The number of aromatic nitrogens is 2. The van der Waals surface area contributed by atoms with Gasteiger partial charge < -0.3 is 14.5 Å². The molecule has 138 valence electrons. The molecule has 0 aromatic carbocycles. The maximum atomic E-state index is 12.9. The maximum Gasteiger partial charge on any atom is 0.264 e. The van der Waals surface area contributed by atoms with E-state index in [1.54, 1.807) is 6.20 Å². The van der Waals surface area contributed by atoms with Crippen LogP contribution in [0.1, 0.15) is 46.8 Å². The minimum Gasteiger partial charge on any atom is -0.368 e. The molecule has 1 unspecified atom stereocenters. The monoisotopic (exact) mass is 372 g/mol. The number of thiophene rings is 1. The minimum atomic E-state index is -0.193. The number of ether oxygens (including phenoxy) is 1. The molecule has 0 radical (unpaired) electrons. The predicted octanol–water partition coefficient (Wildman–Crippen LogP) is 2.91. The Bertz CT molecular complexity index is 772. The van der Waals surface area contributed by atoms with E-state index in [0.717, 1.165) is 41.6 Å². The number of hydrogen-bond donors (Lipinski definition) is 0. The number of aryl methyl sites for hydroxylation is 1. The van der Waals surface area contributed by atoms with Gasteiger partial charge in [0.1, 0.15) is 6.10 Å². The van der Waals surface area contributed by atoms with Gasteiger partial charge in [0.05, 0.1) is 23.7 Å². The zero-order chi connectivity index (χ0) is 17.9. The van der Waals surface area contributed by atoms with E-state index < -0.39 is 0 Å². The fraction of sp³-hybridized carbons (Fsp3) is 0.526. The Balaban J connectivity index is 1.50. The Morgan fingerprint density at radius 1 is 1.31 bits per heavy atom. The van der Waals surface area contributed by atoms with Gasteiger partial charge in [-0.3, -0.25) is 4.79 Å². The fourth-order valence-electron chi connectivity index (χ4n) is 3.57. The number of nitrogens with zero attached hydrogens (tertiary/aromatic N) is 4. The largest absolute Gasteiger partial charge is 0.368 e. The lowest BCUT2D eigenvalue weighted by molar-refractivity contribution is -0.0246. The van der Waals surface area contributed by atoms with Gasteiger partial charge in [-0.2, -0.15) is 0 Å². The molecule has 0 N–H and O–H groups in total. The lowest BCUT2D eigenvalue weighted by Crippen LogP contribution is -2.42. The maximum absolute atomic E-state index is 12.9. The van der Waals surface area contributed by atoms with Crippen LogP contribution in [0, 0.1) is 0 Å². The van der Waals surface area contributed by atoms with E-state index in [9.17, 15) is 4.79 Å². The highest BCUT2D eigenvalue weighted by Crippen LogP contribution is 2.26. The molecule has 0 spiro atoms. The van der Waals surface area contributed by atoms with Gasteiger partial charge in [0.25, 0.3) is 5.91 Å². The number of carbonyl (C=O) groups excluding carboxylic acids is 1. The standard InChI is InChI=1S/C19H24N4O2S/c1-2-14-6-12-26-17(14)18(24)23-10-11-25-16(13-23)15-5-7-20-19(21-15)22-8-3-4-9-22/h5-7,12,16H,2-4,8-11,13H2,1H3. The first-order chi connectivity index (χ1) is 12.8. The van der Waals surface area contributed by atoms with Crippen molar-refractivity contribution in [1.29, 1.82) is 0 Å². The van der Waals surface area contributed by atoms with E-state index in [2.05, 4.69) is 16.8 Å². The van der Waals surface area contributed by atoms with Crippen LogP contribution in [0.15, 0.2) is 23.7 Å². The minimum absolute atomic E-state index is 0.110. The quantitative estimate of drug-likeness (QED) is 0.826.